The molecule has 0 spiro atoms. The highest BCUT2D eigenvalue weighted by molar-refractivity contribution is 5.79. The molecule has 2 rings (SSSR count). The largest absolute Gasteiger partial charge is 0.411 e. The number of aromatic nitrogens is 2. The van der Waals surface area contributed by atoms with Crippen molar-refractivity contribution in [2.24, 2.45) is 5.16 Å². The summed E-state index contributed by atoms with van der Waals surface area (Å²) in [5, 5.41) is 11.4. The molecule has 0 unspecified atom stereocenters. The van der Waals surface area contributed by atoms with Crippen LogP contribution in [0.1, 0.15) is 11.4 Å². The van der Waals surface area contributed by atoms with Crippen molar-refractivity contribution < 1.29 is 5.21 Å². The van der Waals surface area contributed by atoms with E-state index in [4.69, 9.17) is 5.21 Å². The van der Waals surface area contributed by atoms with Crippen LogP contribution in [0.2, 0.25) is 0 Å². The van der Waals surface area contributed by atoms with Gasteiger partial charge in [0.25, 0.3) is 0 Å². The minimum Gasteiger partial charge on any atom is -0.411 e. The number of oxime groups is 1. The van der Waals surface area contributed by atoms with E-state index >= 15 is 0 Å². The summed E-state index contributed by atoms with van der Waals surface area (Å²) in [6.07, 6.45) is 1.32. The Hall–Kier alpha value is -2.10. The Kier molecular flexibility index (Phi) is 2.49. The molecule has 0 aliphatic rings. The monoisotopic (exact) mass is 201 g/mol. The van der Waals surface area contributed by atoms with Crippen molar-refractivity contribution >= 4 is 6.21 Å². The highest BCUT2D eigenvalue weighted by atomic mass is 16.4. The summed E-state index contributed by atoms with van der Waals surface area (Å²) in [4.78, 5) is 7.44. The lowest BCUT2D eigenvalue weighted by atomic mass is 10.2. The average Bonchev–Trinajstić information content (AvgIpc) is 2.63. The van der Waals surface area contributed by atoms with Gasteiger partial charge in [-0.15, -0.1) is 0 Å². The van der Waals surface area contributed by atoms with Crippen molar-refractivity contribution in [1.82, 2.24) is 9.97 Å². The van der Waals surface area contributed by atoms with Gasteiger partial charge in [0, 0.05) is 11.3 Å². The van der Waals surface area contributed by atoms with Gasteiger partial charge in [0.1, 0.15) is 11.5 Å². The Morgan fingerprint density at radius 3 is 2.73 bits per heavy atom. The molecular weight excluding hydrogens is 190 g/mol. The summed E-state index contributed by atoms with van der Waals surface area (Å²) >= 11 is 0. The highest BCUT2D eigenvalue weighted by Gasteiger charge is 2.05. The van der Waals surface area contributed by atoms with Gasteiger partial charge in [-0.25, -0.2) is 4.98 Å². The molecule has 0 amide bonds. The van der Waals surface area contributed by atoms with Gasteiger partial charge in [0.2, 0.25) is 0 Å². The molecule has 4 nitrogen and oxygen atoms in total. The molecule has 0 bridgehead atoms. The SMILES string of the molecule is Cc1[nH]c(-c2ccccc2)nc1C=NO. The molecule has 0 fully saturated rings. The van der Waals surface area contributed by atoms with E-state index in [1.54, 1.807) is 0 Å². The van der Waals surface area contributed by atoms with Crippen molar-refractivity contribution in [3.63, 3.8) is 0 Å². The predicted octanol–water partition coefficient (Wildman–Crippen LogP) is 2.19. The lowest BCUT2D eigenvalue weighted by Gasteiger charge is -1.93. The summed E-state index contributed by atoms with van der Waals surface area (Å²) in [5.41, 5.74) is 2.54. The predicted molar refractivity (Wildman–Crippen MR) is 58.1 cm³/mol. The molecule has 2 N–H and O–H groups in total. The van der Waals surface area contributed by atoms with Crippen molar-refractivity contribution in [2.75, 3.05) is 0 Å². The molecule has 1 aromatic heterocycles. The van der Waals surface area contributed by atoms with Gasteiger partial charge in [-0.3, -0.25) is 0 Å². The van der Waals surface area contributed by atoms with Gasteiger partial charge in [0.15, 0.2) is 0 Å². The van der Waals surface area contributed by atoms with Gasteiger partial charge >= 0.3 is 0 Å². The van der Waals surface area contributed by atoms with Crippen molar-refractivity contribution in [3.8, 4) is 11.4 Å². The smallest absolute Gasteiger partial charge is 0.138 e. The Bertz CT molecular complexity index is 474. The molecule has 0 aliphatic carbocycles. The van der Waals surface area contributed by atoms with E-state index in [0.29, 0.717) is 5.69 Å². The number of nitrogens with zero attached hydrogens (tertiary/aromatic N) is 2. The first-order valence-corrected chi connectivity index (χ1v) is 4.60. The van der Waals surface area contributed by atoms with E-state index in [9.17, 15) is 0 Å². The van der Waals surface area contributed by atoms with E-state index in [1.807, 2.05) is 37.3 Å². The van der Waals surface area contributed by atoms with Crippen molar-refractivity contribution in [2.45, 2.75) is 6.92 Å². The van der Waals surface area contributed by atoms with Crippen LogP contribution in [0.25, 0.3) is 11.4 Å². The average molecular weight is 201 g/mol. The van der Waals surface area contributed by atoms with Gasteiger partial charge in [-0.2, -0.15) is 0 Å². The zero-order chi connectivity index (χ0) is 10.7. The van der Waals surface area contributed by atoms with Crippen LogP contribution in [0, 0.1) is 6.92 Å². The van der Waals surface area contributed by atoms with Crippen LogP contribution in [0.4, 0.5) is 0 Å². The lowest BCUT2D eigenvalue weighted by Crippen LogP contribution is -1.84. The third-order valence-electron chi connectivity index (χ3n) is 2.15. The molecule has 0 saturated carbocycles. The molecular formula is C11H11N3O. The number of imidazole rings is 1. The van der Waals surface area contributed by atoms with Crippen LogP contribution < -0.4 is 0 Å². The molecule has 0 atom stereocenters. The van der Waals surface area contributed by atoms with Gasteiger partial charge in [0.05, 0.1) is 6.21 Å². The summed E-state index contributed by atoms with van der Waals surface area (Å²) in [6, 6.07) is 9.80. The van der Waals surface area contributed by atoms with Crippen molar-refractivity contribution in [1.29, 1.82) is 0 Å². The van der Waals surface area contributed by atoms with Gasteiger partial charge in [-0.1, -0.05) is 35.5 Å². The topological polar surface area (TPSA) is 61.3 Å². The van der Waals surface area contributed by atoms with Crippen molar-refractivity contribution in [3.05, 3.63) is 41.7 Å². The number of aryl methyl sites for hydroxylation is 1. The van der Waals surface area contributed by atoms with E-state index in [0.717, 1.165) is 17.1 Å². The van der Waals surface area contributed by atoms with Crippen LogP contribution in [0.5, 0.6) is 0 Å². The molecule has 2 aromatic rings. The normalized spacial score (nSPS) is 11.0. The fourth-order valence-electron chi connectivity index (χ4n) is 1.39. The van der Waals surface area contributed by atoms with Crippen LogP contribution in [0.15, 0.2) is 35.5 Å². The lowest BCUT2D eigenvalue weighted by molar-refractivity contribution is 0.321. The first-order chi connectivity index (χ1) is 7.31. The third kappa shape index (κ3) is 1.88. The van der Waals surface area contributed by atoms with E-state index < -0.39 is 0 Å². The zero-order valence-corrected chi connectivity index (χ0v) is 8.31. The second-order valence-electron chi connectivity index (χ2n) is 3.21. The van der Waals surface area contributed by atoms with Crippen LogP contribution in [-0.4, -0.2) is 21.4 Å². The summed E-state index contributed by atoms with van der Waals surface area (Å²) in [6.45, 7) is 1.89. The maximum absolute atomic E-state index is 8.44. The maximum Gasteiger partial charge on any atom is 0.138 e. The number of hydrogen-bond acceptors (Lipinski definition) is 3. The number of rotatable bonds is 2. The summed E-state index contributed by atoms with van der Waals surface area (Å²) in [7, 11) is 0. The van der Waals surface area contributed by atoms with E-state index in [-0.39, 0.29) is 0 Å². The minimum absolute atomic E-state index is 0.649. The number of benzene rings is 1. The molecule has 0 saturated heterocycles. The first-order valence-electron chi connectivity index (χ1n) is 4.60. The fraction of sp³-hybridized carbons (Fsp3) is 0.0909. The van der Waals surface area contributed by atoms with Crippen LogP contribution in [0.3, 0.4) is 0 Å². The molecule has 1 heterocycles. The number of nitrogens with one attached hydrogen (secondary N) is 1. The molecule has 0 aliphatic heterocycles. The summed E-state index contributed by atoms with van der Waals surface area (Å²) in [5.74, 6) is 0.781. The van der Waals surface area contributed by atoms with E-state index in [2.05, 4.69) is 15.1 Å². The quantitative estimate of drug-likeness (QED) is 0.444. The third-order valence-corrected chi connectivity index (χ3v) is 2.15. The zero-order valence-electron chi connectivity index (χ0n) is 8.31. The maximum atomic E-state index is 8.44. The number of H-pyrrole nitrogens is 1. The second kappa shape index (κ2) is 3.96. The molecule has 15 heavy (non-hydrogen) atoms. The second-order valence-corrected chi connectivity index (χ2v) is 3.21. The van der Waals surface area contributed by atoms with Gasteiger partial charge < -0.3 is 10.2 Å². The number of hydrogen-bond donors (Lipinski definition) is 2. The van der Waals surface area contributed by atoms with Crippen LogP contribution in [-0.2, 0) is 0 Å². The Morgan fingerprint density at radius 1 is 1.33 bits per heavy atom. The fourth-order valence-corrected chi connectivity index (χ4v) is 1.39. The van der Waals surface area contributed by atoms with Crippen LogP contribution >= 0.6 is 0 Å². The highest BCUT2D eigenvalue weighted by Crippen LogP contribution is 2.16. The number of aromatic amines is 1. The minimum atomic E-state index is 0.649. The molecule has 0 radical (unpaired) electrons. The summed E-state index contributed by atoms with van der Waals surface area (Å²) < 4.78 is 0. The van der Waals surface area contributed by atoms with Gasteiger partial charge in [-0.05, 0) is 6.92 Å². The molecule has 76 valence electrons. The Balaban J connectivity index is 2.43. The van der Waals surface area contributed by atoms with E-state index in [1.165, 1.54) is 6.21 Å². The Morgan fingerprint density at radius 2 is 2.07 bits per heavy atom. The molecule has 4 heteroatoms. The first kappa shape index (κ1) is 9.45. The Labute approximate surface area is 87.3 Å². The standard InChI is InChI=1S/C11H11N3O/c1-8-10(7-12-15)14-11(13-8)9-5-3-2-4-6-9/h2-7,15H,1H3,(H,13,14). The molecule has 1 aromatic carbocycles.